The van der Waals surface area contributed by atoms with Gasteiger partial charge in [-0.3, -0.25) is 0 Å². The van der Waals surface area contributed by atoms with Crippen LogP contribution in [0.25, 0.3) is 0 Å². The Bertz CT molecular complexity index is 460. The quantitative estimate of drug-likeness (QED) is 0.835. The number of aromatic nitrogens is 1. The lowest BCUT2D eigenvalue weighted by molar-refractivity contribution is -0.137. The molecule has 3 heterocycles. The lowest BCUT2D eigenvalue weighted by atomic mass is 10.0. The maximum atomic E-state index is 12.4. The molecule has 3 rings (SSSR count). The van der Waals surface area contributed by atoms with Crippen molar-refractivity contribution in [3.05, 3.63) is 23.9 Å². The molecule has 2 saturated heterocycles. The highest BCUT2D eigenvalue weighted by atomic mass is 19.4. The molecule has 2 aliphatic rings. The molecule has 3 nitrogen and oxygen atoms in total. The Morgan fingerprint density at radius 2 is 1.85 bits per heavy atom. The van der Waals surface area contributed by atoms with E-state index in [1.165, 1.54) is 18.9 Å². The highest BCUT2D eigenvalue weighted by Crippen LogP contribution is 2.36. The van der Waals surface area contributed by atoms with Crippen LogP contribution in [0.1, 0.15) is 31.2 Å². The van der Waals surface area contributed by atoms with Crippen LogP contribution in [0.3, 0.4) is 0 Å². The van der Waals surface area contributed by atoms with E-state index >= 15 is 0 Å². The van der Waals surface area contributed by atoms with Crippen LogP contribution in [-0.4, -0.2) is 35.1 Å². The summed E-state index contributed by atoms with van der Waals surface area (Å²) in [5.41, 5.74) is -0.742. The van der Waals surface area contributed by atoms with Gasteiger partial charge in [0.15, 0.2) is 0 Å². The fourth-order valence-corrected chi connectivity index (χ4v) is 3.25. The summed E-state index contributed by atoms with van der Waals surface area (Å²) in [5, 5.41) is 0. The van der Waals surface area contributed by atoms with Gasteiger partial charge in [-0.2, -0.15) is 13.2 Å². The van der Waals surface area contributed by atoms with Crippen LogP contribution >= 0.6 is 0 Å². The molecule has 110 valence electrons. The Balaban J connectivity index is 1.64. The van der Waals surface area contributed by atoms with Crippen LogP contribution in [-0.2, 0) is 6.18 Å². The summed E-state index contributed by atoms with van der Waals surface area (Å²) >= 11 is 0. The molecule has 2 atom stereocenters. The number of pyridine rings is 1. The van der Waals surface area contributed by atoms with E-state index in [1.807, 2.05) is 0 Å². The van der Waals surface area contributed by atoms with Gasteiger partial charge in [0.2, 0.25) is 5.88 Å². The molecule has 0 aliphatic carbocycles. The van der Waals surface area contributed by atoms with E-state index in [9.17, 15) is 13.2 Å². The average Bonchev–Trinajstić information content (AvgIpc) is 2.62. The van der Waals surface area contributed by atoms with Crippen molar-refractivity contribution in [3.63, 3.8) is 0 Å². The summed E-state index contributed by atoms with van der Waals surface area (Å²) in [6.45, 7) is 0. The van der Waals surface area contributed by atoms with Crippen LogP contribution in [0, 0.1) is 0 Å². The van der Waals surface area contributed by atoms with Crippen LogP contribution in [0.15, 0.2) is 18.3 Å². The number of ether oxygens (including phenoxy) is 1. The maximum Gasteiger partial charge on any atom is 0.417 e. The van der Waals surface area contributed by atoms with E-state index in [2.05, 4.69) is 16.9 Å². The van der Waals surface area contributed by atoms with Gasteiger partial charge in [-0.15, -0.1) is 0 Å². The van der Waals surface area contributed by atoms with Crippen molar-refractivity contribution in [2.24, 2.45) is 0 Å². The van der Waals surface area contributed by atoms with Gasteiger partial charge in [-0.05, 0) is 38.8 Å². The van der Waals surface area contributed by atoms with Crippen molar-refractivity contribution in [2.75, 3.05) is 7.05 Å². The number of hydrogen-bond donors (Lipinski definition) is 0. The van der Waals surface area contributed by atoms with Gasteiger partial charge in [0.05, 0.1) is 5.56 Å². The second kappa shape index (κ2) is 4.91. The Hall–Kier alpha value is -1.30. The van der Waals surface area contributed by atoms with Gasteiger partial charge < -0.3 is 9.64 Å². The molecule has 20 heavy (non-hydrogen) atoms. The molecule has 2 fully saturated rings. The summed E-state index contributed by atoms with van der Waals surface area (Å²) in [6, 6.07) is 3.40. The lowest BCUT2D eigenvalue weighted by Gasteiger charge is -2.36. The van der Waals surface area contributed by atoms with Crippen molar-refractivity contribution in [1.29, 1.82) is 0 Å². The number of rotatable bonds is 2. The molecular formula is C14H17F3N2O. The van der Waals surface area contributed by atoms with E-state index < -0.39 is 11.7 Å². The van der Waals surface area contributed by atoms with Crippen LogP contribution in [0.2, 0.25) is 0 Å². The first kappa shape index (κ1) is 13.7. The zero-order valence-corrected chi connectivity index (χ0v) is 11.2. The Morgan fingerprint density at radius 1 is 1.20 bits per heavy atom. The fourth-order valence-electron chi connectivity index (χ4n) is 3.25. The van der Waals surface area contributed by atoms with Gasteiger partial charge in [0.1, 0.15) is 6.10 Å². The molecule has 0 radical (unpaired) electrons. The molecule has 0 amide bonds. The number of piperidine rings is 1. The second-order valence-corrected chi connectivity index (χ2v) is 5.64. The summed E-state index contributed by atoms with van der Waals surface area (Å²) in [5.74, 6) is 0.284. The molecule has 0 spiro atoms. The van der Waals surface area contributed by atoms with E-state index in [-0.39, 0.29) is 12.0 Å². The molecule has 0 N–H and O–H groups in total. The number of halogens is 3. The predicted octanol–water partition coefficient (Wildman–Crippen LogP) is 3.10. The molecule has 0 saturated carbocycles. The van der Waals surface area contributed by atoms with Crippen LogP contribution in [0.5, 0.6) is 5.88 Å². The summed E-state index contributed by atoms with van der Waals surface area (Å²) in [7, 11) is 2.13. The number of alkyl halides is 3. The Labute approximate surface area is 115 Å². The first-order chi connectivity index (χ1) is 9.43. The number of hydrogen-bond acceptors (Lipinski definition) is 3. The molecule has 1 aromatic rings. The molecular weight excluding hydrogens is 269 g/mol. The van der Waals surface area contributed by atoms with Crippen LogP contribution < -0.4 is 4.74 Å². The van der Waals surface area contributed by atoms with E-state index in [1.54, 1.807) is 0 Å². The SMILES string of the molecule is CN1C2CCC1CC(Oc1ccc(C(F)(F)F)cn1)C2. The summed E-state index contributed by atoms with van der Waals surface area (Å²) in [6.07, 6.45) is 0.763. The van der Waals surface area contributed by atoms with E-state index in [0.717, 1.165) is 25.1 Å². The van der Waals surface area contributed by atoms with Crippen molar-refractivity contribution in [2.45, 2.75) is 50.0 Å². The number of nitrogens with zero attached hydrogens (tertiary/aromatic N) is 2. The number of fused-ring (bicyclic) bond motifs is 2. The zero-order chi connectivity index (χ0) is 14.3. The van der Waals surface area contributed by atoms with E-state index in [0.29, 0.717) is 12.1 Å². The third kappa shape index (κ3) is 2.61. The van der Waals surface area contributed by atoms with E-state index in [4.69, 9.17) is 4.74 Å². The Kier molecular flexibility index (Phi) is 3.36. The standard InChI is InChI=1S/C14H17F3N2O/c1-19-10-3-4-11(19)7-12(6-10)20-13-5-2-9(8-18-13)14(15,16)17/h2,5,8,10-12H,3-4,6-7H2,1H3. The summed E-state index contributed by atoms with van der Waals surface area (Å²) < 4.78 is 43.1. The molecule has 2 aliphatic heterocycles. The normalized spacial score (nSPS) is 30.5. The van der Waals surface area contributed by atoms with Gasteiger partial charge in [0.25, 0.3) is 0 Å². The predicted molar refractivity (Wildman–Crippen MR) is 67.5 cm³/mol. The molecule has 6 heteroatoms. The third-order valence-corrected chi connectivity index (χ3v) is 4.41. The van der Waals surface area contributed by atoms with Gasteiger partial charge in [0, 0.05) is 24.3 Å². The second-order valence-electron chi connectivity index (χ2n) is 5.64. The van der Waals surface area contributed by atoms with Crippen molar-refractivity contribution in [1.82, 2.24) is 9.88 Å². The van der Waals surface area contributed by atoms with Gasteiger partial charge in [-0.25, -0.2) is 4.98 Å². The topological polar surface area (TPSA) is 25.4 Å². The highest BCUT2D eigenvalue weighted by Gasteiger charge is 2.39. The van der Waals surface area contributed by atoms with Gasteiger partial charge >= 0.3 is 6.18 Å². The maximum absolute atomic E-state index is 12.4. The molecule has 2 unspecified atom stereocenters. The fraction of sp³-hybridized carbons (Fsp3) is 0.643. The highest BCUT2D eigenvalue weighted by molar-refractivity contribution is 5.20. The third-order valence-electron chi connectivity index (χ3n) is 4.41. The first-order valence-electron chi connectivity index (χ1n) is 6.85. The Morgan fingerprint density at radius 3 is 2.35 bits per heavy atom. The zero-order valence-electron chi connectivity index (χ0n) is 11.2. The van der Waals surface area contributed by atoms with Gasteiger partial charge in [-0.1, -0.05) is 0 Å². The molecule has 0 aromatic carbocycles. The molecule has 1 aromatic heterocycles. The minimum atomic E-state index is -4.35. The lowest BCUT2D eigenvalue weighted by Crippen LogP contribution is -2.43. The van der Waals surface area contributed by atoms with Crippen molar-refractivity contribution < 1.29 is 17.9 Å². The minimum Gasteiger partial charge on any atom is -0.474 e. The van der Waals surface area contributed by atoms with Crippen molar-refractivity contribution >= 4 is 0 Å². The van der Waals surface area contributed by atoms with Crippen LogP contribution in [0.4, 0.5) is 13.2 Å². The summed E-state index contributed by atoms with van der Waals surface area (Å²) in [4.78, 5) is 6.16. The largest absolute Gasteiger partial charge is 0.474 e. The van der Waals surface area contributed by atoms with Crippen molar-refractivity contribution in [3.8, 4) is 5.88 Å². The average molecular weight is 286 g/mol. The smallest absolute Gasteiger partial charge is 0.417 e. The minimum absolute atomic E-state index is 0.0629. The first-order valence-corrected chi connectivity index (χ1v) is 6.85. The monoisotopic (exact) mass is 286 g/mol. The molecule has 2 bridgehead atoms.